The zero-order chi connectivity index (χ0) is 22.9. The third kappa shape index (κ3) is 5.08. The lowest BCUT2D eigenvalue weighted by Gasteiger charge is -2.17. The molecule has 3 rings (SSSR count). The molecule has 12 heteroatoms. The number of aromatic amines is 1. The number of Topliss-reactive ketones (excluding diaryl/α,β-unsaturated/α-hetero) is 1. The van der Waals surface area contributed by atoms with Crippen LogP contribution >= 0.6 is 23.2 Å². The number of hydrogen-bond donors (Lipinski definition) is 1. The molecule has 2 aromatic rings. The van der Waals surface area contributed by atoms with Gasteiger partial charge in [0.1, 0.15) is 13.1 Å². The molecule has 2 heterocycles. The summed E-state index contributed by atoms with van der Waals surface area (Å²) in [6, 6.07) is 2.58. The van der Waals surface area contributed by atoms with Crippen molar-refractivity contribution in [1.29, 1.82) is 0 Å². The average molecular weight is 473 g/mol. The molecule has 0 atom stereocenters. The minimum Gasteiger partial charge on any atom is -0.436 e. The number of rotatable bonds is 5. The first-order chi connectivity index (χ1) is 14.6. The maximum absolute atomic E-state index is 12.7. The normalized spacial score (nSPS) is 14.1. The molecule has 1 aromatic carbocycles. The molecule has 0 radical (unpaired) electrons. The van der Waals surface area contributed by atoms with Gasteiger partial charge in [-0.3, -0.25) is 14.6 Å². The SMILES string of the molecule is CC(C)C1=CC(Oc2c(Cl)cc(-c3nn(CC(F)F)c(=O)[nH]c3=O)cc2Cl)=NCC1=O. The van der Waals surface area contributed by atoms with Crippen molar-refractivity contribution in [2.75, 3.05) is 6.54 Å². The number of dihydropyridines is 1. The number of carbonyl (C=O) groups is 1. The van der Waals surface area contributed by atoms with Gasteiger partial charge < -0.3 is 4.74 Å². The van der Waals surface area contributed by atoms with Crippen molar-refractivity contribution in [3.63, 3.8) is 0 Å². The highest BCUT2D eigenvalue weighted by molar-refractivity contribution is 6.38. The number of nitrogens with zero attached hydrogens (tertiary/aromatic N) is 3. The highest BCUT2D eigenvalue weighted by Gasteiger charge is 2.22. The zero-order valence-corrected chi connectivity index (χ0v) is 17.8. The van der Waals surface area contributed by atoms with E-state index >= 15 is 0 Å². The van der Waals surface area contributed by atoms with E-state index in [-0.39, 0.29) is 51.2 Å². The van der Waals surface area contributed by atoms with Gasteiger partial charge in [-0.05, 0) is 18.1 Å². The van der Waals surface area contributed by atoms with Gasteiger partial charge in [0.05, 0.1) is 10.0 Å². The van der Waals surface area contributed by atoms with E-state index in [0.717, 1.165) is 0 Å². The maximum atomic E-state index is 12.7. The molecule has 1 aliphatic heterocycles. The second-order valence-corrected chi connectivity index (χ2v) is 7.70. The summed E-state index contributed by atoms with van der Waals surface area (Å²) >= 11 is 12.5. The van der Waals surface area contributed by atoms with Crippen LogP contribution in [0.3, 0.4) is 0 Å². The minimum atomic E-state index is -2.85. The largest absolute Gasteiger partial charge is 0.436 e. The predicted octanol–water partition coefficient (Wildman–Crippen LogP) is 3.11. The Bertz CT molecular complexity index is 1200. The smallest absolute Gasteiger partial charge is 0.344 e. The summed E-state index contributed by atoms with van der Waals surface area (Å²) in [6.07, 6.45) is -1.34. The van der Waals surface area contributed by atoms with Gasteiger partial charge in [-0.1, -0.05) is 37.0 Å². The van der Waals surface area contributed by atoms with Crippen LogP contribution < -0.4 is 16.0 Å². The number of H-pyrrole nitrogens is 1. The van der Waals surface area contributed by atoms with Crippen molar-refractivity contribution in [2.45, 2.75) is 26.8 Å². The molecule has 0 spiro atoms. The van der Waals surface area contributed by atoms with Crippen molar-refractivity contribution in [1.82, 2.24) is 14.8 Å². The molecule has 0 saturated heterocycles. The summed E-state index contributed by atoms with van der Waals surface area (Å²) in [7, 11) is 0. The van der Waals surface area contributed by atoms with Gasteiger partial charge in [-0.25, -0.2) is 23.2 Å². The highest BCUT2D eigenvalue weighted by atomic mass is 35.5. The van der Waals surface area contributed by atoms with E-state index < -0.39 is 24.2 Å². The summed E-state index contributed by atoms with van der Waals surface area (Å²) in [5.41, 5.74) is -1.64. The van der Waals surface area contributed by atoms with E-state index in [1.165, 1.54) is 18.2 Å². The average Bonchev–Trinajstić information content (AvgIpc) is 2.67. The Hall–Kier alpha value is -2.85. The van der Waals surface area contributed by atoms with E-state index in [1.54, 1.807) is 0 Å². The number of carbonyl (C=O) groups excluding carboxylic acids is 1. The number of alkyl halides is 2. The number of aromatic nitrogens is 3. The molecular weight excluding hydrogens is 457 g/mol. The maximum Gasteiger partial charge on any atom is 0.344 e. The Morgan fingerprint density at radius 2 is 1.84 bits per heavy atom. The molecule has 31 heavy (non-hydrogen) atoms. The van der Waals surface area contributed by atoms with E-state index in [4.69, 9.17) is 27.9 Å². The summed E-state index contributed by atoms with van der Waals surface area (Å²) in [5.74, 6) is 0.0222. The Morgan fingerprint density at radius 3 is 2.42 bits per heavy atom. The molecule has 1 N–H and O–H groups in total. The van der Waals surface area contributed by atoms with Gasteiger partial charge in [0.25, 0.3) is 12.0 Å². The van der Waals surface area contributed by atoms with Gasteiger partial charge >= 0.3 is 5.69 Å². The molecule has 1 aliphatic rings. The number of hydrogen-bond acceptors (Lipinski definition) is 6. The predicted molar refractivity (Wildman–Crippen MR) is 111 cm³/mol. The zero-order valence-electron chi connectivity index (χ0n) is 16.3. The van der Waals surface area contributed by atoms with Crippen molar-refractivity contribution in [2.24, 2.45) is 10.9 Å². The fourth-order valence-corrected chi connectivity index (χ4v) is 3.39. The van der Waals surface area contributed by atoms with Crippen LogP contribution in [0.25, 0.3) is 11.3 Å². The molecule has 0 amide bonds. The standard InChI is InChI=1S/C19H16Cl2F2N4O4/c1-8(2)10-5-15(24-6-13(10)28)31-17-11(20)3-9(4-12(17)21)16-18(29)25-19(30)27(26-16)7-14(22)23/h3-5,8,14H,6-7H2,1-2H3,(H,25,29,30). The topological polar surface area (TPSA) is 106 Å². The monoisotopic (exact) mass is 472 g/mol. The number of benzene rings is 1. The fourth-order valence-electron chi connectivity index (χ4n) is 2.82. The van der Waals surface area contributed by atoms with E-state index in [0.29, 0.717) is 10.3 Å². The van der Waals surface area contributed by atoms with Gasteiger partial charge in [0, 0.05) is 17.2 Å². The Morgan fingerprint density at radius 1 is 1.19 bits per heavy atom. The van der Waals surface area contributed by atoms with E-state index in [1.807, 2.05) is 18.8 Å². The summed E-state index contributed by atoms with van der Waals surface area (Å²) in [4.78, 5) is 41.7. The molecular formula is C19H16Cl2F2N4O4. The lowest BCUT2D eigenvalue weighted by atomic mass is 9.97. The summed E-state index contributed by atoms with van der Waals surface area (Å²) < 4.78 is 31.4. The Labute approximate surface area is 184 Å². The van der Waals surface area contributed by atoms with Crippen molar-refractivity contribution < 1.29 is 18.3 Å². The van der Waals surface area contributed by atoms with Gasteiger partial charge in [0.15, 0.2) is 17.2 Å². The second-order valence-electron chi connectivity index (χ2n) is 6.88. The van der Waals surface area contributed by atoms with Crippen LogP contribution in [0, 0.1) is 5.92 Å². The third-order valence-electron chi connectivity index (χ3n) is 4.28. The van der Waals surface area contributed by atoms with Crippen LogP contribution in [-0.2, 0) is 11.3 Å². The quantitative estimate of drug-likeness (QED) is 0.719. The van der Waals surface area contributed by atoms with Crippen molar-refractivity contribution >= 4 is 34.9 Å². The Balaban J connectivity index is 1.98. The molecule has 8 nitrogen and oxygen atoms in total. The van der Waals surface area contributed by atoms with Crippen LogP contribution in [0.4, 0.5) is 8.78 Å². The minimum absolute atomic E-state index is 0.0191. The highest BCUT2D eigenvalue weighted by Crippen LogP contribution is 2.37. The van der Waals surface area contributed by atoms with Gasteiger partial charge in [-0.15, -0.1) is 0 Å². The third-order valence-corrected chi connectivity index (χ3v) is 4.84. The summed E-state index contributed by atoms with van der Waals surface area (Å²) in [6.45, 7) is 2.66. The molecule has 0 unspecified atom stereocenters. The summed E-state index contributed by atoms with van der Waals surface area (Å²) in [5, 5.41) is 3.66. The Kier molecular flexibility index (Phi) is 6.71. The lowest BCUT2D eigenvalue weighted by Crippen LogP contribution is -2.35. The van der Waals surface area contributed by atoms with Crippen LogP contribution in [0.15, 0.2) is 38.4 Å². The number of nitrogens with one attached hydrogen (secondary N) is 1. The van der Waals surface area contributed by atoms with Gasteiger partial charge in [0.2, 0.25) is 5.90 Å². The van der Waals surface area contributed by atoms with Crippen molar-refractivity contribution in [3.05, 3.63) is 54.7 Å². The van der Waals surface area contributed by atoms with Crippen LogP contribution in [-0.4, -0.2) is 39.4 Å². The number of ketones is 1. The first-order valence-corrected chi connectivity index (χ1v) is 9.78. The molecule has 0 fully saturated rings. The number of aliphatic imine (C=N–C) groups is 1. The molecule has 0 aliphatic carbocycles. The van der Waals surface area contributed by atoms with E-state index in [9.17, 15) is 23.2 Å². The molecule has 0 bridgehead atoms. The van der Waals surface area contributed by atoms with Crippen LogP contribution in [0.2, 0.25) is 10.0 Å². The van der Waals surface area contributed by atoms with Crippen LogP contribution in [0.5, 0.6) is 5.75 Å². The molecule has 164 valence electrons. The first-order valence-electron chi connectivity index (χ1n) is 9.03. The van der Waals surface area contributed by atoms with E-state index in [2.05, 4.69) is 10.1 Å². The second kappa shape index (κ2) is 9.11. The van der Waals surface area contributed by atoms with Gasteiger partial charge in [-0.2, -0.15) is 5.10 Å². The number of halogens is 4. The number of ether oxygens (including phenoxy) is 1. The molecule has 1 aromatic heterocycles. The fraction of sp³-hybridized carbons (Fsp3) is 0.316. The lowest BCUT2D eigenvalue weighted by molar-refractivity contribution is -0.114. The van der Waals surface area contributed by atoms with Crippen molar-refractivity contribution in [3.8, 4) is 17.0 Å². The molecule has 0 saturated carbocycles. The first kappa shape index (κ1) is 22.8. The van der Waals surface area contributed by atoms with Crippen LogP contribution in [0.1, 0.15) is 13.8 Å².